The summed E-state index contributed by atoms with van der Waals surface area (Å²) in [5, 5.41) is 0. The maximum Gasteiger partial charge on any atom is 0.330 e. The van der Waals surface area contributed by atoms with Crippen LogP contribution in [0.1, 0.15) is 58.8 Å². The van der Waals surface area contributed by atoms with Crippen LogP contribution in [0, 0.1) is 40.9 Å². The molecule has 0 aromatic carbocycles. The van der Waals surface area contributed by atoms with Gasteiger partial charge in [-0.05, 0) is 74.5 Å². The number of rotatable bonds is 5. The third kappa shape index (κ3) is 1.88. The van der Waals surface area contributed by atoms with Gasteiger partial charge in [-0.25, -0.2) is 4.79 Å². The summed E-state index contributed by atoms with van der Waals surface area (Å²) in [5.41, 5.74) is 0.364. The monoisotopic (exact) mass is 302 g/mol. The van der Waals surface area contributed by atoms with Gasteiger partial charge in [0, 0.05) is 11.5 Å². The van der Waals surface area contributed by atoms with E-state index in [1.54, 1.807) is 12.2 Å². The maximum atomic E-state index is 11.9. The van der Waals surface area contributed by atoms with Crippen molar-refractivity contribution < 1.29 is 9.53 Å². The lowest BCUT2D eigenvalue weighted by molar-refractivity contribution is -0.149. The second-order valence-electron chi connectivity index (χ2n) is 8.40. The summed E-state index contributed by atoms with van der Waals surface area (Å²) in [5.74, 6) is 5.23. The summed E-state index contributed by atoms with van der Waals surface area (Å²) < 4.78 is 5.78. The first kappa shape index (κ1) is 14.8. The molecule has 122 valence electrons. The van der Waals surface area contributed by atoms with Crippen molar-refractivity contribution in [3.63, 3.8) is 0 Å². The molecule has 0 amide bonds. The van der Waals surface area contributed by atoms with Gasteiger partial charge < -0.3 is 4.74 Å². The Balaban J connectivity index is 1.59. The summed E-state index contributed by atoms with van der Waals surface area (Å²) in [6.07, 6.45) is 13.2. The number of ether oxygens (including phenoxy) is 1. The molecule has 22 heavy (non-hydrogen) atoms. The zero-order valence-corrected chi connectivity index (χ0v) is 14.1. The fourth-order valence-corrected chi connectivity index (χ4v) is 7.43. The summed E-state index contributed by atoms with van der Waals surface area (Å²) in [6, 6.07) is 0. The van der Waals surface area contributed by atoms with Crippen molar-refractivity contribution in [3.8, 4) is 0 Å². The van der Waals surface area contributed by atoms with Gasteiger partial charge in [0.15, 0.2) is 0 Å². The molecule has 4 fully saturated rings. The van der Waals surface area contributed by atoms with Crippen molar-refractivity contribution in [1.29, 1.82) is 0 Å². The minimum atomic E-state index is -0.131. The molecule has 7 unspecified atom stereocenters. The molecule has 2 heteroatoms. The molecule has 4 rings (SSSR count). The first-order valence-corrected chi connectivity index (χ1v) is 9.50. The van der Waals surface area contributed by atoms with Crippen LogP contribution in [-0.2, 0) is 9.53 Å². The fraction of sp³-hybridized carbons (Fsp3) is 0.850. The number of esters is 1. The Morgan fingerprint density at radius 2 is 2.09 bits per heavy atom. The van der Waals surface area contributed by atoms with Crippen LogP contribution in [0.2, 0.25) is 0 Å². The van der Waals surface area contributed by atoms with E-state index in [4.69, 9.17) is 4.74 Å². The van der Waals surface area contributed by atoms with Crippen LogP contribution in [0.5, 0.6) is 0 Å². The van der Waals surface area contributed by atoms with Crippen LogP contribution in [0.4, 0.5) is 0 Å². The van der Waals surface area contributed by atoms with Crippen molar-refractivity contribution in [2.75, 3.05) is 6.61 Å². The molecule has 4 bridgehead atoms. The topological polar surface area (TPSA) is 26.3 Å². The Morgan fingerprint density at radius 3 is 2.86 bits per heavy atom. The standard InChI is InChI=1S/C20H30O2/c1-3-5-13-9-15-11-17(13)20(12-22-18(21)6-4-2)16-8-7-14(10-16)19(15)20/h4,6,13-17,19H,3,5,7-12H2,1-2H3. The van der Waals surface area contributed by atoms with E-state index in [2.05, 4.69) is 6.92 Å². The number of carbonyl (C=O) groups excluding carboxylic acids is 1. The molecule has 4 saturated carbocycles. The molecule has 0 aromatic rings. The highest BCUT2D eigenvalue weighted by molar-refractivity contribution is 5.81. The molecule has 0 N–H and O–H groups in total. The second-order valence-corrected chi connectivity index (χ2v) is 8.40. The molecule has 0 aromatic heterocycles. The minimum absolute atomic E-state index is 0.131. The number of hydrogen-bond donors (Lipinski definition) is 0. The lowest BCUT2D eigenvalue weighted by atomic mass is 9.56. The molecular formula is C20H30O2. The molecule has 2 nitrogen and oxygen atoms in total. The quantitative estimate of drug-likeness (QED) is 0.421. The van der Waals surface area contributed by atoms with Gasteiger partial charge in [-0.1, -0.05) is 25.8 Å². The van der Waals surface area contributed by atoms with Gasteiger partial charge >= 0.3 is 5.97 Å². The van der Waals surface area contributed by atoms with E-state index in [9.17, 15) is 4.79 Å². The van der Waals surface area contributed by atoms with Crippen molar-refractivity contribution in [1.82, 2.24) is 0 Å². The maximum absolute atomic E-state index is 11.9. The summed E-state index contributed by atoms with van der Waals surface area (Å²) in [6.45, 7) is 4.92. The third-order valence-electron chi connectivity index (χ3n) is 7.72. The molecule has 4 aliphatic rings. The van der Waals surface area contributed by atoms with Gasteiger partial charge in [0.25, 0.3) is 0 Å². The van der Waals surface area contributed by atoms with E-state index < -0.39 is 0 Å². The molecular weight excluding hydrogens is 272 g/mol. The molecule has 0 heterocycles. The van der Waals surface area contributed by atoms with Gasteiger partial charge in [-0.2, -0.15) is 0 Å². The molecule has 7 atom stereocenters. The van der Waals surface area contributed by atoms with Crippen LogP contribution in [0.15, 0.2) is 12.2 Å². The highest BCUT2D eigenvalue weighted by Gasteiger charge is 2.71. The van der Waals surface area contributed by atoms with E-state index >= 15 is 0 Å². The number of carbonyl (C=O) groups is 1. The first-order valence-electron chi connectivity index (χ1n) is 9.50. The molecule has 0 spiro atoms. The van der Waals surface area contributed by atoms with Crippen molar-refractivity contribution in [2.24, 2.45) is 40.9 Å². The van der Waals surface area contributed by atoms with Gasteiger partial charge in [0.2, 0.25) is 0 Å². The third-order valence-corrected chi connectivity index (χ3v) is 7.72. The predicted octanol–water partition coefficient (Wildman–Crippen LogP) is 4.59. The van der Waals surface area contributed by atoms with Gasteiger partial charge in [0.05, 0.1) is 6.61 Å². The molecule has 0 saturated heterocycles. The van der Waals surface area contributed by atoms with Gasteiger partial charge in [-0.3, -0.25) is 0 Å². The normalized spacial score (nSPS) is 48.3. The predicted molar refractivity (Wildman–Crippen MR) is 87.1 cm³/mol. The average molecular weight is 302 g/mol. The summed E-state index contributed by atoms with van der Waals surface area (Å²) in [7, 11) is 0. The van der Waals surface area contributed by atoms with Crippen molar-refractivity contribution in [3.05, 3.63) is 12.2 Å². The number of hydrogen-bond acceptors (Lipinski definition) is 2. The van der Waals surface area contributed by atoms with E-state index in [-0.39, 0.29) is 5.97 Å². The average Bonchev–Trinajstić information content (AvgIpc) is 3.23. The molecule has 0 radical (unpaired) electrons. The zero-order chi connectivity index (χ0) is 15.3. The van der Waals surface area contributed by atoms with Gasteiger partial charge in [0.1, 0.15) is 0 Å². The SMILES string of the molecule is CC=CC(=O)OCC12C3CCC(C3)C1C1CC(CCC)C2C1. The van der Waals surface area contributed by atoms with Crippen LogP contribution < -0.4 is 0 Å². The lowest BCUT2D eigenvalue weighted by Gasteiger charge is -2.49. The fourth-order valence-electron chi connectivity index (χ4n) is 7.43. The van der Waals surface area contributed by atoms with E-state index in [1.807, 2.05) is 6.92 Å². The van der Waals surface area contributed by atoms with Crippen molar-refractivity contribution in [2.45, 2.75) is 58.8 Å². The summed E-state index contributed by atoms with van der Waals surface area (Å²) >= 11 is 0. The Morgan fingerprint density at radius 1 is 1.23 bits per heavy atom. The Hall–Kier alpha value is -0.790. The van der Waals surface area contributed by atoms with Crippen molar-refractivity contribution >= 4 is 5.97 Å². The Labute approximate surface area is 134 Å². The first-order chi connectivity index (χ1) is 10.7. The minimum Gasteiger partial charge on any atom is -0.462 e. The van der Waals surface area contributed by atoms with E-state index in [0.29, 0.717) is 12.0 Å². The second kappa shape index (κ2) is 5.39. The summed E-state index contributed by atoms with van der Waals surface area (Å²) in [4.78, 5) is 11.9. The number of fused-ring (bicyclic) bond motifs is 9. The van der Waals surface area contributed by atoms with Crippen LogP contribution >= 0.6 is 0 Å². The highest BCUT2D eigenvalue weighted by Crippen LogP contribution is 2.75. The van der Waals surface area contributed by atoms with E-state index in [0.717, 1.165) is 35.5 Å². The Kier molecular flexibility index (Phi) is 3.62. The molecule has 0 aliphatic heterocycles. The number of allylic oxidation sites excluding steroid dienone is 1. The smallest absolute Gasteiger partial charge is 0.330 e. The zero-order valence-electron chi connectivity index (χ0n) is 14.1. The lowest BCUT2D eigenvalue weighted by Crippen LogP contribution is -2.48. The van der Waals surface area contributed by atoms with Crippen LogP contribution in [0.3, 0.4) is 0 Å². The largest absolute Gasteiger partial charge is 0.462 e. The van der Waals surface area contributed by atoms with Gasteiger partial charge in [-0.15, -0.1) is 0 Å². The Bertz CT molecular complexity index is 482. The van der Waals surface area contributed by atoms with Crippen LogP contribution in [-0.4, -0.2) is 12.6 Å². The van der Waals surface area contributed by atoms with Crippen LogP contribution in [0.25, 0.3) is 0 Å². The van der Waals surface area contributed by atoms with E-state index in [1.165, 1.54) is 44.9 Å². The highest BCUT2D eigenvalue weighted by atomic mass is 16.5. The molecule has 4 aliphatic carbocycles.